The normalized spacial score (nSPS) is 11.4. The van der Waals surface area contributed by atoms with Crippen LogP contribution in [0.25, 0.3) is 11.0 Å². The third-order valence-electron chi connectivity index (χ3n) is 2.93. The molecule has 1 aromatic carbocycles. The molecule has 0 bridgehead atoms. The number of hydrogen-bond acceptors (Lipinski definition) is 2. The van der Waals surface area contributed by atoms with Crippen molar-refractivity contribution < 1.29 is 8.78 Å². The fourth-order valence-electron chi connectivity index (χ4n) is 2.09. The van der Waals surface area contributed by atoms with Gasteiger partial charge in [-0.1, -0.05) is 0 Å². The van der Waals surface area contributed by atoms with Crippen LogP contribution in [0.1, 0.15) is 12.2 Å². The maximum Gasteiger partial charge on any atom is 0.184 e. The number of fused-ring (bicyclic) bond motifs is 1. The van der Waals surface area contributed by atoms with Gasteiger partial charge in [0.25, 0.3) is 0 Å². The molecule has 0 spiro atoms. The topological polar surface area (TPSA) is 17.8 Å². The van der Waals surface area contributed by atoms with Crippen LogP contribution < -0.4 is 0 Å². The minimum absolute atomic E-state index is 0.251. The Morgan fingerprint density at radius 2 is 2.16 bits per heavy atom. The van der Waals surface area contributed by atoms with E-state index in [0.717, 1.165) is 24.1 Å². The quantitative estimate of drug-likeness (QED) is 0.596. The van der Waals surface area contributed by atoms with Gasteiger partial charge in [-0.2, -0.15) is 11.8 Å². The lowest BCUT2D eigenvalue weighted by molar-refractivity contribution is 0.509. The number of halogens is 3. The Morgan fingerprint density at radius 1 is 1.37 bits per heavy atom. The molecule has 0 N–H and O–H groups in total. The van der Waals surface area contributed by atoms with Gasteiger partial charge in [-0.05, 0) is 30.6 Å². The molecule has 0 aliphatic carbocycles. The molecule has 0 saturated carbocycles. The highest BCUT2D eigenvalue weighted by atomic mass is 35.5. The highest BCUT2D eigenvalue weighted by Gasteiger charge is 2.16. The number of imidazole rings is 1. The molecule has 0 amide bonds. The monoisotopic (exact) mass is 304 g/mol. The smallest absolute Gasteiger partial charge is 0.184 e. The van der Waals surface area contributed by atoms with Crippen molar-refractivity contribution in [3.05, 3.63) is 29.6 Å². The van der Waals surface area contributed by atoms with E-state index >= 15 is 0 Å². The molecule has 0 atom stereocenters. The van der Waals surface area contributed by atoms with E-state index in [4.69, 9.17) is 11.6 Å². The van der Waals surface area contributed by atoms with Crippen LogP contribution in [0.4, 0.5) is 8.78 Å². The zero-order valence-electron chi connectivity index (χ0n) is 10.6. The summed E-state index contributed by atoms with van der Waals surface area (Å²) < 4.78 is 29.1. The Kier molecular flexibility index (Phi) is 5.05. The summed E-state index contributed by atoms with van der Waals surface area (Å²) in [6, 6.07) is 2.62. The lowest BCUT2D eigenvalue weighted by Gasteiger charge is -2.08. The molecule has 2 nitrogen and oxygen atoms in total. The molecule has 2 rings (SSSR count). The second-order valence-electron chi connectivity index (χ2n) is 4.19. The van der Waals surface area contributed by atoms with Crippen molar-refractivity contribution in [2.75, 3.05) is 17.9 Å². The molecule has 19 heavy (non-hydrogen) atoms. The van der Waals surface area contributed by atoms with Crippen molar-refractivity contribution in [3.8, 4) is 0 Å². The standard InChI is InChI=1S/C13H15ClF2N2S/c1-19-8-2-7-18-11(5-6-14)17-10-4-3-9(15)12(16)13(10)18/h3-4H,2,5-8H2,1H3. The average molecular weight is 305 g/mol. The van der Waals surface area contributed by atoms with Crippen molar-refractivity contribution in [2.24, 2.45) is 0 Å². The molecular weight excluding hydrogens is 290 g/mol. The van der Waals surface area contributed by atoms with E-state index in [-0.39, 0.29) is 5.52 Å². The van der Waals surface area contributed by atoms with E-state index in [2.05, 4.69) is 4.98 Å². The number of benzene rings is 1. The minimum Gasteiger partial charge on any atom is -0.325 e. The van der Waals surface area contributed by atoms with E-state index in [0.29, 0.717) is 24.4 Å². The molecule has 6 heteroatoms. The summed E-state index contributed by atoms with van der Waals surface area (Å²) in [5.74, 6) is 0.439. The van der Waals surface area contributed by atoms with Gasteiger partial charge in [-0.3, -0.25) is 0 Å². The first-order valence-electron chi connectivity index (χ1n) is 6.07. The van der Waals surface area contributed by atoms with Crippen LogP contribution >= 0.6 is 23.4 Å². The predicted molar refractivity (Wildman–Crippen MR) is 77.1 cm³/mol. The number of hydrogen-bond donors (Lipinski definition) is 0. The van der Waals surface area contributed by atoms with E-state index in [1.54, 1.807) is 16.3 Å². The van der Waals surface area contributed by atoms with Gasteiger partial charge in [0.15, 0.2) is 11.6 Å². The lowest BCUT2D eigenvalue weighted by atomic mass is 10.3. The maximum atomic E-state index is 13.9. The van der Waals surface area contributed by atoms with Crippen molar-refractivity contribution in [1.29, 1.82) is 0 Å². The molecule has 104 valence electrons. The molecule has 2 aromatic rings. The number of rotatable bonds is 6. The summed E-state index contributed by atoms with van der Waals surface area (Å²) in [5.41, 5.74) is 0.740. The number of nitrogens with zero attached hydrogens (tertiary/aromatic N) is 2. The van der Waals surface area contributed by atoms with Crippen LogP contribution in [0, 0.1) is 11.6 Å². The summed E-state index contributed by atoms with van der Waals surface area (Å²) in [4.78, 5) is 4.35. The maximum absolute atomic E-state index is 13.9. The number of thioether (sulfide) groups is 1. The Morgan fingerprint density at radius 3 is 2.84 bits per heavy atom. The average Bonchev–Trinajstić information content (AvgIpc) is 2.74. The molecule has 0 unspecified atom stereocenters. The van der Waals surface area contributed by atoms with Gasteiger partial charge in [0.1, 0.15) is 11.3 Å². The Hall–Kier alpha value is -0.810. The molecule has 0 saturated heterocycles. The molecule has 1 heterocycles. The number of aryl methyl sites for hydroxylation is 2. The fraction of sp³-hybridized carbons (Fsp3) is 0.462. The van der Waals surface area contributed by atoms with Crippen molar-refractivity contribution >= 4 is 34.4 Å². The number of alkyl halides is 1. The summed E-state index contributed by atoms with van der Waals surface area (Å²) in [5, 5.41) is 0. The highest BCUT2D eigenvalue weighted by Crippen LogP contribution is 2.23. The fourth-order valence-corrected chi connectivity index (χ4v) is 2.68. The van der Waals surface area contributed by atoms with Crippen molar-refractivity contribution in [2.45, 2.75) is 19.4 Å². The van der Waals surface area contributed by atoms with Gasteiger partial charge < -0.3 is 4.57 Å². The zero-order valence-corrected chi connectivity index (χ0v) is 12.2. The zero-order chi connectivity index (χ0) is 13.8. The van der Waals surface area contributed by atoms with Crippen LogP contribution in [-0.2, 0) is 13.0 Å². The minimum atomic E-state index is -0.837. The summed E-state index contributed by atoms with van der Waals surface area (Å²) in [6.07, 6.45) is 3.46. The predicted octanol–water partition coefficient (Wildman–Crippen LogP) is 3.85. The van der Waals surface area contributed by atoms with Crippen molar-refractivity contribution in [1.82, 2.24) is 9.55 Å². The van der Waals surface area contributed by atoms with Crippen LogP contribution in [0.3, 0.4) is 0 Å². The number of aromatic nitrogens is 2. The van der Waals surface area contributed by atoms with Gasteiger partial charge in [0.05, 0.1) is 5.52 Å². The Balaban J connectivity index is 2.47. The van der Waals surface area contributed by atoms with Gasteiger partial charge >= 0.3 is 0 Å². The van der Waals surface area contributed by atoms with Gasteiger partial charge in [0.2, 0.25) is 0 Å². The van der Waals surface area contributed by atoms with E-state index < -0.39 is 11.6 Å². The first kappa shape index (κ1) is 14.6. The Bertz CT molecular complexity index is 571. The third kappa shape index (κ3) is 3.03. The van der Waals surface area contributed by atoms with Crippen LogP contribution in [0.5, 0.6) is 0 Å². The second-order valence-corrected chi connectivity index (χ2v) is 5.56. The lowest BCUT2D eigenvalue weighted by Crippen LogP contribution is -2.07. The third-order valence-corrected chi connectivity index (χ3v) is 3.81. The summed E-state index contributed by atoms with van der Waals surface area (Å²) >= 11 is 7.47. The molecule has 0 aliphatic rings. The van der Waals surface area contributed by atoms with E-state index in [1.807, 2.05) is 6.26 Å². The SMILES string of the molecule is CSCCCn1c(CCCl)nc2ccc(F)c(F)c21. The van der Waals surface area contributed by atoms with Crippen molar-refractivity contribution in [3.63, 3.8) is 0 Å². The molecule has 0 radical (unpaired) electrons. The van der Waals surface area contributed by atoms with Crippen LogP contribution in [0.2, 0.25) is 0 Å². The largest absolute Gasteiger partial charge is 0.325 e. The van der Waals surface area contributed by atoms with Crippen LogP contribution in [0.15, 0.2) is 12.1 Å². The Labute approximate surface area is 120 Å². The van der Waals surface area contributed by atoms with E-state index in [1.165, 1.54) is 6.07 Å². The van der Waals surface area contributed by atoms with Gasteiger partial charge in [-0.25, -0.2) is 13.8 Å². The molecular formula is C13H15ClF2N2S. The first-order chi connectivity index (χ1) is 9.19. The molecule has 1 aromatic heterocycles. The van der Waals surface area contributed by atoms with Crippen LogP contribution in [-0.4, -0.2) is 27.4 Å². The second kappa shape index (κ2) is 6.57. The first-order valence-corrected chi connectivity index (χ1v) is 8.00. The summed E-state index contributed by atoms with van der Waals surface area (Å²) in [7, 11) is 0. The molecule has 0 fully saturated rings. The highest BCUT2D eigenvalue weighted by molar-refractivity contribution is 7.98. The van der Waals surface area contributed by atoms with E-state index in [9.17, 15) is 8.78 Å². The molecule has 0 aliphatic heterocycles. The van der Waals surface area contributed by atoms with Gasteiger partial charge in [-0.15, -0.1) is 11.6 Å². The van der Waals surface area contributed by atoms with Gasteiger partial charge in [0, 0.05) is 18.8 Å². The summed E-state index contributed by atoms with van der Waals surface area (Å²) in [6.45, 7) is 0.629.